The average molecular weight is 477 g/mol. The zero-order valence-electron chi connectivity index (χ0n) is 17.1. The molecule has 32 heavy (non-hydrogen) atoms. The van der Waals surface area contributed by atoms with Gasteiger partial charge in [0.05, 0.1) is 12.0 Å². The van der Waals surface area contributed by atoms with Crippen LogP contribution < -0.4 is 15.4 Å². The summed E-state index contributed by atoms with van der Waals surface area (Å²) in [6.45, 7) is -0.211. The Morgan fingerprint density at radius 2 is 1.75 bits per heavy atom. The van der Waals surface area contributed by atoms with Crippen LogP contribution in [0.25, 0.3) is 0 Å². The number of rotatable bonds is 8. The van der Waals surface area contributed by atoms with Crippen molar-refractivity contribution in [2.75, 3.05) is 13.7 Å². The number of carbonyl (C=O) groups is 2. The molecule has 0 unspecified atom stereocenters. The lowest BCUT2D eigenvalue weighted by atomic mass is 10.2. The Morgan fingerprint density at radius 1 is 1.03 bits per heavy atom. The summed E-state index contributed by atoms with van der Waals surface area (Å²) in [5, 5.41) is 5.48. The highest BCUT2D eigenvalue weighted by Crippen LogP contribution is 2.31. The number of halogens is 1. The summed E-state index contributed by atoms with van der Waals surface area (Å²) in [6.07, 6.45) is 0. The standard InChI is InChI=1S/C22H21FN2O5S2/c1-30-17-5-2-4-15(12-17)13-24-21(26)22(27)25-14-20(19-6-3-11-31-19)32(28,29)18-9-7-16(23)8-10-18/h2-12,20H,13-14H2,1H3,(H,24,26)(H,25,27)/t20-/m1/s1. The fourth-order valence-electron chi connectivity index (χ4n) is 2.94. The van der Waals surface area contributed by atoms with Crippen molar-refractivity contribution in [1.82, 2.24) is 10.6 Å². The number of nitrogens with one attached hydrogen (secondary N) is 2. The maximum Gasteiger partial charge on any atom is 0.309 e. The zero-order chi connectivity index (χ0) is 23.1. The first-order valence-electron chi connectivity index (χ1n) is 9.53. The van der Waals surface area contributed by atoms with Crippen LogP contribution in [0.3, 0.4) is 0 Å². The Hall–Kier alpha value is -3.24. The summed E-state index contributed by atoms with van der Waals surface area (Å²) < 4.78 is 44.6. The number of carbonyl (C=O) groups excluding carboxylic acids is 2. The molecule has 2 amide bonds. The minimum Gasteiger partial charge on any atom is -0.497 e. The van der Waals surface area contributed by atoms with Crippen molar-refractivity contribution >= 4 is 33.0 Å². The fraction of sp³-hybridized carbons (Fsp3) is 0.182. The average Bonchev–Trinajstić information content (AvgIpc) is 3.32. The minimum absolute atomic E-state index is 0.0750. The molecule has 1 heterocycles. The van der Waals surface area contributed by atoms with E-state index < -0.39 is 32.7 Å². The van der Waals surface area contributed by atoms with Crippen LogP contribution in [0.4, 0.5) is 4.39 Å². The summed E-state index contributed by atoms with van der Waals surface area (Å²) in [4.78, 5) is 24.9. The SMILES string of the molecule is COc1cccc(CNC(=O)C(=O)NC[C@H](c2cccs2)S(=O)(=O)c2ccc(F)cc2)c1. The molecule has 2 aromatic carbocycles. The minimum atomic E-state index is -3.94. The highest BCUT2D eigenvalue weighted by Gasteiger charge is 2.31. The van der Waals surface area contributed by atoms with Gasteiger partial charge in [0.25, 0.3) is 0 Å². The maximum atomic E-state index is 13.2. The van der Waals surface area contributed by atoms with E-state index in [1.807, 2.05) is 0 Å². The van der Waals surface area contributed by atoms with Crippen LogP contribution in [0.5, 0.6) is 5.75 Å². The quantitative estimate of drug-likeness (QED) is 0.385. The van der Waals surface area contributed by atoms with Gasteiger partial charge in [0, 0.05) is 18.0 Å². The lowest BCUT2D eigenvalue weighted by Crippen LogP contribution is -2.42. The van der Waals surface area contributed by atoms with E-state index in [9.17, 15) is 22.4 Å². The summed E-state index contributed by atoms with van der Waals surface area (Å²) >= 11 is 1.21. The molecule has 3 rings (SSSR count). The molecule has 7 nitrogen and oxygen atoms in total. The molecular weight excluding hydrogens is 455 g/mol. The molecule has 2 N–H and O–H groups in total. The maximum absolute atomic E-state index is 13.2. The van der Waals surface area contributed by atoms with Gasteiger partial charge in [-0.15, -0.1) is 11.3 Å². The van der Waals surface area contributed by atoms with Crippen molar-refractivity contribution in [2.24, 2.45) is 0 Å². The number of methoxy groups -OCH3 is 1. The topological polar surface area (TPSA) is 102 Å². The lowest BCUT2D eigenvalue weighted by Gasteiger charge is -2.17. The highest BCUT2D eigenvalue weighted by atomic mass is 32.2. The van der Waals surface area contributed by atoms with Gasteiger partial charge in [-0.05, 0) is 53.4 Å². The third-order valence-corrected chi connectivity index (χ3v) is 7.85. The predicted molar refractivity (Wildman–Crippen MR) is 118 cm³/mol. The first-order valence-corrected chi connectivity index (χ1v) is 12.0. The van der Waals surface area contributed by atoms with Crippen LogP contribution in [0.2, 0.25) is 0 Å². The van der Waals surface area contributed by atoms with E-state index in [0.29, 0.717) is 10.6 Å². The van der Waals surface area contributed by atoms with E-state index in [4.69, 9.17) is 4.74 Å². The van der Waals surface area contributed by atoms with Crippen molar-refractivity contribution in [3.8, 4) is 5.75 Å². The first kappa shape index (κ1) is 23.4. The molecule has 0 bridgehead atoms. The zero-order valence-corrected chi connectivity index (χ0v) is 18.7. The van der Waals surface area contributed by atoms with Gasteiger partial charge >= 0.3 is 11.8 Å². The van der Waals surface area contributed by atoms with E-state index in [2.05, 4.69) is 10.6 Å². The van der Waals surface area contributed by atoms with Crippen molar-refractivity contribution in [1.29, 1.82) is 0 Å². The van der Waals surface area contributed by atoms with Gasteiger partial charge in [0.15, 0.2) is 9.84 Å². The molecule has 0 fully saturated rings. The van der Waals surface area contributed by atoms with E-state index in [1.165, 1.54) is 30.6 Å². The number of thiophene rings is 1. The van der Waals surface area contributed by atoms with Gasteiger partial charge in [-0.25, -0.2) is 12.8 Å². The van der Waals surface area contributed by atoms with E-state index in [1.54, 1.807) is 41.8 Å². The molecule has 0 aliphatic heterocycles. The number of benzene rings is 2. The third-order valence-electron chi connectivity index (χ3n) is 4.62. The highest BCUT2D eigenvalue weighted by molar-refractivity contribution is 7.91. The lowest BCUT2D eigenvalue weighted by molar-refractivity contribution is -0.139. The predicted octanol–water partition coefficient (Wildman–Crippen LogP) is 2.84. The molecule has 0 aliphatic rings. The van der Waals surface area contributed by atoms with Gasteiger partial charge in [-0.1, -0.05) is 18.2 Å². The number of hydrogen-bond donors (Lipinski definition) is 2. The molecule has 10 heteroatoms. The summed E-state index contributed by atoms with van der Waals surface area (Å²) in [6, 6.07) is 14.8. The van der Waals surface area contributed by atoms with Crippen LogP contribution in [0, 0.1) is 5.82 Å². The molecule has 168 valence electrons. The second kappa shape index (κ2) is 10.4. The Labute approximate surface area is 189 Å². The van der Waals surface area contributed by atoms with Crippen LogP contribution in [0.15, 0.2) is 70.9 Å². The van der Waals surface area contributed by atoms with Crippen molar-refractivity contribution in [3.05, 3.63) is 82.3 Å². The molecule has 0 saturated heterocycles. The number of amides is 2. The number of ether oxygens (including phenoxy) is 1. The van der Waals surface area contributed by atoms with E-state index >= 15 is 0 Å². The monoisotopic (exact) mass is 476 g/mol. The van der Waals surface area contributed by atoms with E-state index in [0.717, 1.165) is 17.7 Å². The second-order valence-corrected chi connectivity index (χ2v) is 9.86. The molecule has 0 saturated carbocycles. The number of hydrogen-bond acceptors (Lipinski definition) is 6. The largest absolute Gasteiger partial charge is 0.497 e. The fourth-order valence-corrected chi connectivity index (χ4v) is 5.72. The molecule has 0 radical (unpaired) electrons. The van der Waals surface area contributed by atoms with Crippen molar-refractivity contribution in [2.45, 2.75) is 16.7 Å². The van der Waals surface area contributed by atoms with Gasteiger partial charge in [0.1, 0.15) is 16.8 Å². The Morgan fingerprint density at radius 3 is 2.41 bits per heavy atom. The Bertz CT molecular complexity index is 1180. The Kier molecular flexibility index (Phi) is 7.60. The first-order chi connectivity index (χ1) is 15.3. The van der Waals surface area contributed by atoms with Gasteiger partial charge in [-0.3, -0.25) is 9.59 Å². The summed E-state index contributed by atoms with van der Waals surface area (Å²) in [5.41, 5.74) is 0.737. The molecule has 0 aliphatic carbocycles. The van der Waals surface area contributed by atoms with Crippen LogP contribution in [-0.2, 0) is 26.0 Å². The van der Waals surface area contributed by atoms with Gasteiger partial charge < -0.3 is 15.4 Å². The molecular formula is C22H21FN2O5S2. The molecule has 1 aromatic heterocycles. The third kappa shape index (κ3) is 5.71. The van der Waals surface area contributed by atoms with Gasteiger partial charge in [-0.2, -0.15) is 0 Å². The van der Waals surface area contributed by atoms with Crippen LogP contribution >= 0.6 is 11.3 Å². The molecule has 3 aromatic rings. The van der Waals surface area contributed by atoms with Crippen LogP contribution in [-0.4, -0.2) is 33.9 Å². The second-order valence-electron chi connectivity index (χ2n) is 6.75. The number of sulfone groups is 1. The summed E-state index contributed by atoms with van der Waals surface area (Å²) in [5.74, 6) is -1.79. The van der Waals surface area contributed by atoms with Crippen molar-refractivity contribution < 1.29 is 27.1 Å². The normalized spacial score (nSPS) is 12.1. The van der Waals surface area contributed by atoms with Gasteiger partial charge in [0.2, 0.25) is 0 Å². The van der Waals surface area contributed by atoms with Crippen LogP contribution in [0.1, 0.15) is 15.7 Å². The molecule has 0 spiro atoms. The summed E-state index contributed by atoms with van der Waals surface area (Å²) in [7, 11) is -2.42. The molecule has 1 atom stereocenters. The van der Waals surface area contributed by atoms with Crippen molar-refractivity contribution in [3.63, 3.8) is 0 Å². The van der Waals surface area contributed by atoms with E-state index in [-0.39, 0.29) is 18.0 Å². The Balaban J connectivity index is 1.67. The smallest absolute Gasteiger partial charge is 0.309 e.